The maximum Gasteiger partial charge on any atom is 0.337 e. The number of hydrogen-bond acceptors (Lipinski definition) is 10. The number of rotatable bonds is 7. The zero-order valence-electron chi connectivity index (χ0n) is 15.6. The number of aromatic nitrogens is 2. The molecule has 1 aromatic rings. The Bertz CT molecular complexity index is 881. The number of primary amides is 1. The zero-order valence-corrected chi connectivity index (χ0v) is 16.4. The summed E-state index contributed by atoms with van der Waals surface area (Å²) in [5, 5.41) is 1.07. The van der Waals surface area contributed by atoms with E-state index in [1.807, 2.05) is 0 Å². The second-order valence-electron chi connectivity index (χ2n) is 5.34. The Labute approximate surface area is 161 Å². The van der Waals surface area contributed by atoms with Gasteiger partial charge in [-0.3, -0.25) is 5.01 Å². The van der Waals surface area contributed by atoms with Crippen LogP contribution < -0.4 is 19.9 Å². The molecule has 0 fully saturated rings. The van der Waals surface area contributed by atoms with Crippen LogP contribution in [-0.2, 0) is 19.7 Å². The molecule has 3 N–H and O–H groups in total. The van der Waals surface area contributed by atoms with Crippen molar-refractivity contribution in [2.45, 2.75) is 13.0 Å². The molecule has 2 amide bonds. The summed E-state index contributed by atoms with van der Waals surface area (Å²) in [5.41, 5.74) is 4.87. The van der Waals surface area contributed by atoms with Crippen LogP contribution in [0, 0.1) is 0 Å². The highest BCUT2D eigenvalue weighted by Gasteiger charge is 2.46. The number of nitrogens with zero attached hydrogens (tertiary/aromatic N) is 4. The van der Waals surface area contributed by atoms with E-state index < -0.39 is 28.3 Å². The van der Waals surface area contributed by atoms with Crippen molar-refractivity contribution in [3.63, 3.8) is 0 Å². The number of hydrazine groups is 1. The average molecular weight is 416 g/mol. The number of esters is 1. The first-order chi connectivity index (χ1) is 13.1. The van der Waals surface area contributed by atoms with Crippen molar-refractivity contribution >= 4 is 22.2 Å². The fourth-order valence-electron chi connectivity index (χ4n) is 2.48. The van der Waals surface area contributed by atoms with Crippen molar-refractivity contribution in [1.82, 2.24) is 24.1 Å². The van der Waals surface area contributed by atoms with Gasteiger partial charge in [-0.25, -0.2) is 14.3 Å². The lowest BCUT2D eigenvalue weighted by atomic mass is 10.1. The third-order valence-electron chi connectivity index (χ3n) is 3.50. The fraction of sp³-hybridized carbons (Fsp3) is 0.429. The molecule has 1 atom stereocenters. The second-order valence-corrected chi connectivity index (χ2v) is 6.86. The lowest BCUT2D eigenvalue weighted by molar-refractivity contribution is -0.139. The first-order valence-electron chi connectivity index (χ1n) is 7.84. The van der Waals surface area contributed by atoms with Crippen molar-refractivity contribution < 1.29 is 32.2 Å². The van der Waals surface area contributed by atoms with E-state index in [9.17, 15) is 18.0 Å². The summed E-state index contributed by atoms with van der Waals surface area (Å²) in [7, 11) is -0.479. The SMILES string of the molecule is CCOC(=O)C1=CN(C)N(S(=O)(=O)NC(N)=O)C1c1nc(OC)cc(OC)n1. The van der Waals surface area contributed by atoms with Gasteiger partial charge in [0, 0.05) is 13.2 Å². The fourth-order valence-corrected chi connectivity index (χ4v) is 3.70. The van der Waals surface area contributed by atoms with Gasteiger partial charge in [-0.2, -0.15) is 18.4 Å². The van der Waals surface area contributed by atoms with E-state index in [2.05, 4.69) is 9.97 Å². The van der Waals surface area contributed by atoms with Gasteiger partial charge < -0.3 is 19.9 Å². The summed E-state index contributed by atoms with van der Waals surface area (Å²) in [4.78, 5) is 31.8. The van der Waals surface area contributed by atoms with Gasteiger partial charge in [-0.05, 0) is 6.92 Å². The van der Waals surface area contributed by atoms with E-state index in [0.717, 1.165) is 5.01 Å². The molecule has 13 nitrogen and oxygen atoms in total. The normalized spacial score (nSPS) is 17.1. The monoisotopic (exact) mass is 416 g/mol. The summed E-state index contributed by atoms with van der Waals surface area (Å²) in [5.74, 6) is -0.796. The number of hydrogen-bond donors (Lipinski definition) is 2. The largest absolute Gasteiger partial charge is 0.481 e. The molecule has 1 unspecified atom stereocenters. The van der Waals surface area contributed by atoms with Crippen LogP contribution in [0.3, 0.4) is 0 Å². The van der Waals surface area contributed by atoms with E-state index in [1.54, 1.807) is 11.6 Å². The van der Waals surface area contributed by atoms with Crippen LogP contribution in [0.15, 0.2) is 17.8 Å². The van der Waals surface area contributed by atoms with Crippen LogP contribution >= 0.6 is 0 Å². The number of amides is 2. The molecule has 14 heteroatoms. The molecule has 0 bridgehead atoms. The molecule has 0 radical (unpaired) electrons. The Hall–Kier alpha value is -3.13. The van der Waals surface area contributed by atoms with Crippen LogP contribution in [-0.4, -0.2) is 67.7 Å². The highest BCUT2D eigenvalue weighted by molar-refractivity contribution is 7.87. The molecule has 2 rings (SSSR count). The molecule has 154 valence electrons. The molecule has 28 heavy (non-hydrogen) atoms. The minimum absolute atomic E-state index is 0.0567. The van der Waals surface area contributed by atoms with E-state index in [0.29, 0.717) is 4.41 Å². The number of nitrogens with one attached hydrogen (secondary N) is 1. The van der Waals surface area contributed by atoms with Gasteiger partial charge in [0.15, 0.2) is 5.82 Å². The Morgan fingerprint density at radius 1 is 1.25 bits per heavy atom. The standard InChI is InChI=1S/C14H20N6O7S/c1-5-27-13(21)8-7-19(2)20(28(23,24)18-14(15)22)11(8)12-16-9(25-3)6-10(17-12)26-4/h6-7,11H,5H2,1-4H3,(H3,15,18,22). The van der Waals surface area contributed by atoms with Crippen molar-refractivity contribution in [3.05, 3.63) is 23.7 Å². The van der Waals surface area contributed by atoms with Crippen molar-refractivity contribution in [2.75, 3.05) is 27.9 Å². The minimum atomic E-state index is -4.51. The summed E-state index contributed by atoms with van der Waals surface area (Å²) in [6.45, 7) is 1.65. The lowest BCUT2D eigenvalue weighted by Gasteiger charge is -2.29. The maximum absolute atomic E-state index is 12.6. The molecule has 0 aliphatic carbocycles. The van der Waals surface area contributed by atoms with Crippen LogP contribution in [0.2, 0.25) is 0 Å². The van der Waals surface area contributed by atoms with E-state index >= 15 is 0 Å². The maximum atomic E-state index is 12.6. The van der Waals surface area contributed by atoms with Gasteiger partial charge >= 0.3 is 22.2 Å². The van der Waals surface area contributed by atoms with E-state index in [1.165, 1.54) is 33.5 Å². The molecular formula is C14H20N6O7S. The highest BCUT2D eigenvalue weighted by Crippen LogP contribution is 2.37. The summed E-state index contributed by atoms with van der Waals surface area (Å²) < 4.78 is 42.7. The molecule has 1 aliphatic rings. The molecular weight excluding hydrogens is 396 g/mol. The number of carbonyl (C=O) groups is 2. The molecule has 2 heterocycles. The molecule has 1 aromatic heterocycles. The predicted octanol–water partition coefficient (Wildman–Crippen LogP) is -0.943. The first-order valence-corrected chi connectivity index (χ1v) is 9.28. The highest BCUT2D eigenvalue weighted by atomic mass is 32.2. The van der Waals surface area contributed by atoms with Crippen molar-refractivity contribution in [2.24, 2.45) is 5.73 Å². The molecule has 1 aliphatic heterocycles. The van der Waals surface area contributed by atoms with Crippen molar-refractivity contribution in [1.29, 1.82) is 0 Å². The summed E-state index contributed by atoms with van der Waals surface area (Å²) in [6, 6.07) is -1.30. The van der Waals surface area contributed by atoms with Gasteiger partial charge in [0.05, 0.1) is 32.5 Å². The number of ether oxygens (including phenoxy) is 3. The lowest BCUT2D eigenvalue weighted by Crippen LogP contribution is -2.50. The van der Waals surface area contributed by atoms with Crippen LogP contribution in [0.4, 0.5) is 4.79 Å². The minimum Gasteiger partial charge on any atom is -0.481 e. The quantitative estimate of drug-likeness (QED) is 0.529. The second kappa shape index (κ2) is 8.26. The average Bonchev–Trinajstić information content (AvgIpc) is 2.98. The molecule has 0 saturated heterocycles. The van der Waals surface area contributed by atoms with Gasteiger partial charge in [-0.1, -0.05) is 4.41 Å². The van der Waals surface area contributed by atoms with E-state index in [-0.39, 0.29) is 29.8 Å². The number of urea groups is 1. The van der Waals surface area contributed by atoms with E-state index in [4.69, 9.17) is 19.9 Å². The third-order valence-corrected chi connectivity index (χ3v) is 4.92. The summed E-state index contributed by atoms with van der Waals surface area (Å²) in [6.07, 6.45) is 1.22. The van der Waals surface area contributed by atoms with Crippen LogP contribution in [0.25, 0.3) is 0 Å². The Morgan fingerprint density at radius 2 is 1.82 bits per heavy atom. The van der Waals surface area contributed by atoms with Gasteiger partial charge in [0.2, 0.25) is 11.8 Å². The smallest absolute Gasteiger partial charge is 0.337 e. The molecule has 0 spiro atoms. The van der Waals surface area contributed by atoms with Gasteiger partial charge in [0.1, 0.15) is 6.04 Å². The first kappa shape index (κ1) is 21.2. The van der Waals surface area contributed by atoms with Gasteiger partial charge in [-0.15, -0.1) is 0 Å². The Balaban J connectivity index is 2.64. The predicted molar refractivity (Wildman–Crippen MR) is 93.8 cm³/mol. The zero-order chi connectivity index (χ0) is 21.1. The number of nitrogens with two attached hydrogens (primary N) is 1. The number of carbonyl (C=O) groups excluding carboxylic acids is 2. The summed E-state index contributed by atoms with van der Waals surface area (Å²) >= 11 is 0. The van der Waals surface area contributed by atoms with Crippen LogP contribution in [0.1, 0.15) is 18.8 Å². The molecule has 0 aromatic carbocycles. The van der Waals surface area contributed by atoms with Gasteiger partial charge in [0.25, 0.3) is 0 Å². The number of methoxy groups -OCH3 is 2. The van der Waals surface area contributed by atoms with Crippen molar-refractivity contribution in [3.8, 4) is 11.8 Å². The Morgan fingerprint density at radius 3 is 2.29 bits per heavy atom. The van der Waals surface area contributed by atoms with Crippen LogP contribution in [0.5, 0.6) is 11.8 Å². The third kappa shape index (κ3) is 4.23. The Kier molecular flexibility index (Phi) is 6.25. The molecule has 0 saturated carbocycles. The topological polar surface area (TPSA) is 166 Å².